The fourth-order valence-corrected chi connectivity index (χ4v) is 5.14. The minimum absolute atomic E-state index is 0.0303. The number of carbonyl (C=O) groups is 2. The third kappa shape index (κ3) is 11.3. The van der Waals surface area contributed by atoms with E-state index in [-0.39, 0.29) is 5.78 Å². The first-order valence-corrected chi connectivity index (χ1v) is 16.7. The number of nitrogen functional groups attached to an aromatic ring is 2. The number of ketones is 1. The van der Waals surface area contributed by atoms with E-state index >= 15 is 0 Å². The Hall–Kier alpha value is -6.02. The van der Waals surface area contributed by atoms with E-state index in [1.54, 1.807) is 42.5 Å². The van der Waals surface area contributed by atoms with Gasteiger partial charge in [0.25, 0.3) is 0 Å². The zero-order valence-corrected chi connectivity index (χ0v) is 28.0. The number of nitrogens with two attached hydrogens (primary N) is 2. The smallest absolute Gasteiger partial charge is 0.338 e. The van der Waals surface area contributed by atoms with Gasteiger partial charge in [-0.1, -0.05) is 72.8 Å². The highest BCUT2D eigenvalue weighted by Crippen LogP contribution is 2.25. The van der Waals surface area contributed by atoms with Crippen molar-refractivity contribution in [2.45, 2.75) is 25.7 Å². The Bertz CT molecular complexity index is 1820. The topological polar surface area (TPSA) is 123 Å². The van der Waals surface area contributed by atoms with Crippen LogP contribution in [0, 0.1) is 0 Å². The van der Waals surface area contributed by atoms with E-state index in [0.29, 0.717) is 48.9 Å². The van der Waals surface area contributed by atoms with Gasteiger partial charge in [0.1, 0.15) is 30.5 Å². The predicted octanol–water partition coefficient (Wildman–Crippen LogP) is 8.67. The molecule has 50 heavy (non-hydrogen) atoms. The summed E-state index contributed by atoms with van der Waals surface area (Å²) in [6.45, 7) is 1.79. The zero-order valence-electron chi connectivity index (χ0n) is 28.0. The van der Waals surface area contributed by atoms with E-state index < -0.39 is 5.97 Å². The number of hydrogen-bond acceptors (Lipinski definition) is 8. The van der Waals surface area contributed by atoms with Crippen molar-refractivity contribution < 1.29 is 28.5 Å². The van der Waals surface area contributed by atoms with E-state index in [1.165, 1.54) is 0 Å². The Balaban J connectivity index is 0.933. The Morgan fingerprint density at radius 1 is 0.520 bits per heavy atom. The van der Waals surface area contributed by atoms with Crippen LogP contribution in [-0.2, 0) is 4.74 Å². The quantitative estimate of drug-likeness (QED) is 0.0312. The molecule has 5 aromatic carbocycles. The zero-order chi connectivity index (χ0) is 35.0. The normalized spacial score (nSPS) is 10.9. The molecule has 0 spiro atoms. The van der Waals surface area contributed by atoms with Crippen molar-refractivity contribution in [2.75, 3.05) is 37.9 Å². The first-order valence-electron chi connectivity index (χ1n) is 16.7. The lowest BCUT2D eigenvalue weighted by Gasteiger charge is -2.10. The summed E-state index contributed by atoms with van der Waals surface area (Å²) in [6, 6.07) is 37.5. The minimum Gasteiger partial charge on any atom is -0.494 e. The van der Waals surface area contributed by atoms with Gasteiger partial charge in [0, 0.05) is 16.9 Å². The molecule has 0 radical (unpaired) electrons. The van der Waals surface area contributed by atoms with Crippen LogP contribution < -0.4 is 25.7 Å². The molecule has 0 aliphatic carbocycles. The van der Waals surface area contributed by atoms with Crippen molar-refractivity contribution >= 4 is 29.2 Å². The summed E-state index contributed by atoms with van der Waals surface area (Å²) in [5, 5.41) is 0. The minimum atomic E-state index is -0.412. The van der Waals surface area contributed by atoms with E-state index in [2.05, 4.69) is 0 Å². The number of esters is 1. The number of rotatable bonds is 18. The molecule has 0 saturated heterocycles. The second kappa shape index (κ2) is 18.5. The average molecular weight is 671 g/mol. The number of unbranched alkanes of at least 4 members (excludes halogenated alkanes) is 3. The number of hydrogen-bond donors (Lipinski definition) is 2. The van der Waals surface area contributed by atoms with E-state index in [9.17, 15) is 9.59 Å². The van der Waals surface area contributed by atoms with Crippen LogP contribution in [0.1, 0.15) is 52.0 Å². The predicted molar refractivity (Wildman–Crippen MR) is 199 cm³/mol. The summed E-state index contributed by atoms with van der Waals surface area (Å²) >= 11 is 0. The Kier molecular flexibility index (Phi) is 13.1. The molecule has 5 aromatic rings. The van der Waals surface area contributed by atoms with Crippen LogP contribution in [0.3, 0.4) is 0 Å². The summed E-state index contributed by atoms with van der Waals surface area (Å²) in [5.41, 5.74) is 16.5. The first kappa shape index (κ1) is 35.3. The summed E-state index contributed by atoms with van der Waals surface area (Å²) in [4.78, 5) is 24.4. The van der Waals surface area contributed by atoms with Gasteiger partial charge in [0.05, 0.1) is 18.8 Å². The van der Waals surface area contributed by atoms with Gasteiger partial charge in [-0.15, -0.1) is 0 Å². The highest BCUT2D eigenvalue weighted by Gasteiger charge is 2.09. The molecule has 8 nitrogen and oxygen atoms in total. The molecule has 256 valence electrons. The van der Waals surface area contributed by atoms with Crippen molar-refractivity contribution in [1.82, 2.24) is 0 Å². The van der Waals surface area contributed by atoms with Crippen molar-refractivity contribution in [1.29, 1.82) is 0 Å². The fraction of sp³-hybridized carbons (Fsp3) is 0.190. The van der Waals surface area contributed by atoms with Gasteiger partial charge in [0.2, 0.25) is 0 Å². The van der Waals surface area contributed by atoms with Gasteiger partial charge < -0.3 is 30.4 Å². The molecule has 0 saturated carbocycles. The van der Waals surface area contributed by atoms with Crippen LogP contribution in [-0.4, -0.2) is 38.2 Å². The third-order valence-corrected chi connectivity index (χ3v) is 7.78. The number of allylic oxidation sites excluding steroid dienone is 1. The summed E-state index contributed by atoms with van der Waals surface area (Å²) in [7, 11) is 0. The molecule has 0 fully saturated rings. The molecule has 8 heteroatoms. The lowest BCUT2D eigenvalue weighted by Crippen LogP contribution is -2.08. The second-order valence-corrected chi connectivity index (χ2v) is 11.7. The lowest BCUT2D eigenvalue weighted by atomic mass is 10.1. The monoisotopic (exact) mass is 670 g/mol. The van der Waals surface area contributed by atoms with Crippen LogP contribution in [0.5, 0.6) is 17.2 Å². The van der Waals surface area contributed by atoms with Gasteiger partial charge in [0.15, 0.2) is 5.78 Å². The number of ether oxygens (including phenoxy) is 4. The molecule has 0 aromatic heterocycles. The number of benzene rings is 5. The molecule has 0 unspecified atom stereocenters. The maximum absolute atomic E-state index is 12.3. The van der Waals surface area contributed by atoms with Crippen LogP contribution >= 0.6 is 0 Å². The van der Waals surface area contributed by atoms with Crippen molar-refractivity contribution in [2.24, 2.45) is 0 Å². The lowest BCUT2D eigenvalue weighted by molar-refractivity contribution is 0.0497. The van der Waals surface area contributed by atoms with Crippen molar-refractivity contribution in [3.05, 3.63) is 144 Å². The van der Waals surface area contributed by atoms with E-state index in [1.807, 2.05) is 91.0 Å². The summed E-state index contributed by atoms with van der Waals surface area (Å²) in [6.07, 6.45) is 6.99. The highest BCUT2D eigenvalue weighted by molar-refractivity contribution is 6.06. The van der Waals surface area contributed by atoms with E-state index in [4.69, 9.17) is 30.4 Å². The maximum atomic E-state index is 12.3. The molecule has 0 amide bonds. The average Bonchev–Trinajstić information content (AvgIpc) is 3.14. The molecule has 0 aliphatic heterocycles. The Morgan fingerprint density at radius 3 is 1.58 bits per heavy atom. The van der Waals surface area contributed by atoms with Crippen LogP contribution in [0.2, 0.25) is 0 Å². The molecule has 0 heterocycles. The molecule has 0 atom stereocenters. The van der Waals surface area contributed by atoms with Crippen LogP contribution in [0.15, 0.2) is 127 Å². The first-order chi connectivity index (χ1) is 24.4. The van der Waals surface area contributed by atoms with Crippen molar-refractivity contribution in [3.8, 4) is 28.4 Å². The second-order valence-electron chi connectivity index (χ2n) is 11.7. The maximum Gasteiger partial charge on any atom is 0.338 e. The SMILES string of the molecule is Nc1cc(N)cc(C(=O)OCCCCCCOc2ccc(-c3ccc(OCCOc4ccc(/C=C/C(=O)c5ccccc5)cc4)cc3)cc2)c1. The molecular weight excluding hydrogens is 628 g/mol. The summed E-state index contributed by atoms with van der Waals surface area (Å²) < 4.78 is 22.9. The number of carbonyl (C=O) groups excluding carboxylic acids is 2. The molecule has 0 aliphatic rings. The molecule has 4 N–H and O–H groups in total. The van der Waals surface area contributed by atoms with Gasteiger partial charge >= 0.3 is 5.97 Å². The number of anilines is 2. The van der Waals surface area contributed by atoms with Crippen LogP contribution in [0.4, 0.5) is 11.4 Å². The molecule has 0 bridgehead atoms. The molecule has 5 rings (SSSR count). The van der Waals surface area contributed by atoms with Gasteiger partial charge in [-0.2, -0.15) is 0 Å². The standard InChI is InChI=1S/C42H42N2O6/c43-36-28-35(29-37(44)30-36)42(46)50-25-7-2-1-6-24-47-39-19-13-32(14-20-39)33-15-21-40(22-16-33)49-27-26-48-38-17-10-31(11-18-38)12-23-41(45)34-8-4-3-5-9-34/h3-5,8-23,28-30H,1-2,6-7,24-27,43-44H2/b23-12+. The largest absolute Gasteiger partial charge is 0.494 e. The van der Waals surface area contributed by atoms with E-state index in [0.717, 1.165) is 59.6 Å². The Morgan fingerprint density at radius 2 is 1.02 bits per heavy atom. The fourth-order valence-electron chi connectivity index (χ4n) is 5.14. The third-order valence-electron chi connectivity index (χ3n) is 7.78. The Labute approximate surface area is 293 Å². The van der Waals surface area contributed by atoms with Gasteiger partial charge in [-0.05, 0) is 103 Å². The van der Waals surface area contributed by atoms with Gasteiger partial charge in [-0.3, -0.25) is 4.79 Å². The van der Waals surface area contributed by atoms with Crippen molar-refractivity contribution in [3.63, 3.8) is 0 Å². The highest BCUT2D eigenvalue weighted by atomic mass is 16.5. The van der Waals surface area contributed by atoms with Gasteiger partial charge in [-0.25, -0.2) is 4.79 Å². The van der Waals surface area contributed by atoms with Crippen LogP contribution in [0.25, 0.3) is 17.2 Å². The summed E-state index contributed by atoms with van der Waals surface area (Å²) in [5.74, 6) is 1.89. The molecular formula is C42H42N2O6.